The molecular formula is C46H77O10P. The molecule has 0 spiro atoms. The summed E-state index contributed by atoms with van der Waals surface area (Å²) in [6, 6.07) is 0. The third kappa shape index (κ3) is 41.1. The Balaban J connectivity index is 4.48. The van der Waals surface area contributed by atoms with Gasteiger partial charge in [-0.2, -0.15) is 0 Å². The molecule has 3 atom stereocenters. The molecule has 3 N–H and O–H groups in total. The van der Waals surface area contributed by atoms with Gasteiger partial charge in [-0.25, -0.2) is 4.57 Å². The van der Waals surface area contributed by atoms with Crippen LogP contribution in [-0.2, 0) is 32.7 Å². The minimum atomic E-state index is -4.65. The Morgan fingerprint density at radius 3 is 1.46 bits per heavy atom. The number of aliphatic hydroxyl groups is 2. The van der Waals surface area contributed by atoms with Crippen molar-refractivity contribution < 1.29 is 47.8 Å². The smallest absolute Gasteiger partial charge is 0.462 e. The highest BCUT2D eigenvalue weighted by atomic mass is 31.2. The van der Waals surface area contributed by atoms with Crippen molar-refractivity contribution >= 4 is 19.8 Å². The number of allylic oxidation sites excluding steroid dienone is 14. The summed E-state index contributed by atoms with van der Waals surface area (Å²) in [6.07, 6.45) is 48.5. The van der Waals surface area contributed by atoms with Crippen LogP contribution in [0.1, 0.15) is 155 Å². The van der Waals surface area contributed by atoms with Gasteiger partial charge in [-0.15, -0.1) is 0 Å². The first kappa shape index (κ1) is 54.2. The summed E-state index contributed by atoms with van der Waals surface area (Å²) in [7, 11) is -4.65. The van der Waals surface area contributed by atoms with E-state index in [2.05, 4.69) is 85.2 Å². The standard InChI is InChI=1S/C46H77O10P/c1-3-5-7-9-11-13-15-17-19-21-23-25-27-29-31-33-35-37-45(49)53-41-44(42-55-57(51,52)54-40-43(48)39-47)56-46(50)38-36-34-32-30-28-26-24-22-20-18-16-14-12-10-8-6-4-2/h5,7,11,13,17,19,23-26,29-32,43-44,47-48H,3-4,6,8-10,12,14-16,18,20-22,27-28,33-42H2,1-2H3,(H,51,52)/b7-5+,13-11+,19-17+,25-23+,26-24+,31-29+,32-30+/t43-,44+/m0/s1. The highest BCUT2D eigenvalue weighted by Gasteiger charge is 2.27. The maximum absolute atomic E-state index is 12.6. The van der Waals surface area contributed by atoms with Crippen molar-refractivity contribution in [2.24, 2.45) is 0 Å². The minimum Gasteiger partial charge on any atom is -0.462 e. The average molecular weight is 821 g/mol. The number of hydrogen-bond acceptors (Lipinski definition) is 9. The molecule has 0 radical (unpaired) electrons. The molecule has 0 bridgehead atoms. The Labute approximate surface area is 345 Å². The molecule has 0 aromatic carbocycles. The van der Waals surface area contributed by atoms with Crippen LogP contribution in [-0.4, -0.2) is 65.7 Å². The molecule has 326 valence electrons. The Hall–Kier alpha value is -2.85. The van der Waals surface area contributed by atoms with Gasteiger partial charge < -0.3 is 24.6 Å². The van der Waals surface area contributed by atoms with Crippen molar-refractivity contribution in [2.75, 3.05) is 26.4 Å². The number of ether oxygens (including phenoxy) is 2. The molecule has 0 aromatic heterocycles. The summed E-state index contributed by atoms with van der Waals surface area (Å²) in [6.45, 7) is 2.14. The molecule has 0 amide bonds. The van der Waals surface area contributed by atoms with Gasteiger partial charge in [-0.05, 0) is 77.0 Å². The van der Waals surface area contributed by atoms with Crippen LogP contribution in [0.15, 0.2) is 85.1 Å². The molecule has 0 heterocycles. The quantitative estimate of drug-likeness (QED) is 0.0237. The molecule has 57 heavy (non-hydrogen) atoms. The first-order valence-corrected chi connectivity index (χ1v) is 23.0. The van der Waals surface area contributed by atoms with Crippen LogP contribution in [0.2, 0.25) is 0 Å². The van der Waals surface area contributed by atoms with Crippen LogP contribution >= 0.6 is 7.82 Å². The van der Waals surface area contributed by atoms with Gasteiger partial charge >= 0.3 is 19.8 Å². The molecule has 0 saturated carbocycles. The molecule has 0 saturated heterocycles. The molecule has 0 fully saturated rings. The van der Waals surface area contributed by atoms with Gasteiger partial charge in [-0.1, -0.05) is 150 Å². The second-order valence-electron chi connectivity index (χ2n) is 14.0. The second-order valence-corrected chi connectivity index (χ2v) is 15.4. The van der Waals surface area contributed by atoms with E-state index in [1.165, 1.54) is 57.8 Å². The Bertz CT molecular complexity index is 1220. The van der Waals surface area contributed by atoms with Crippen LogP contribution < -0.4 is 0 Å². The number of phosphoric acid groups is 1. The maximum atomic E-state index is 12.6. The van der Waals surface area contributed by atoms with Crippen LogP contribution in [0.25, 0.3) is 0 Å². The van der Waals surface area contributed by atoms with Crippen molar-refractivity contribution in [1.82, 2.24) is 0 Å². The number of carbonyl (C=O) groups excluding carboxylic acids is 2. The summed E-state index contributed by atoms with van der Waals surface area (Å²) in [5, 5.41) is 18.3. The van der Waals surface area contributed by atoms with Gasteiger partial charge in [0, 0.05) is 12.8 Å². The van der Waals surface area contributed by atoms with Gasteiger partial charge in [0.1, 0.15) is 12.7 Å². The topological polar surface area (TPSA) is 149 Å². The lowest BCUT2D eigenvalue weighted by atomic mass is 10.1. The molecule has 0 aliphatic carbocycles. The molecule has 0 aliphatic rings. The Kier molecular flexibility index (Phi) is 39.2. The fourth-order valence-electron chi connectivity index (χ4n) is 5.24. The first-order valence-electron chi connectivity index (χ1n) is 21.5. The molecule has 11 heteroatoms. The fourth-order valence-corrected chi connectivity index (χ4v) is 6.03. The van der Waals surface area contributed by atoms with E-state index in [4.69, 9.17) is 19.1 Å². The highest BCUT2D eigenvalue weighted by Crippen LogP contribution is 2.43. The SMILES string of the molecule is CC/C=C/C/C=C/C/C=C/C/C=C/C/C=C/CCCC(=O)OC[C@H](COP(=O)(O)OC[C@@H](O)CO)OC(=O)CCC/C=C/C/C=C/CCCCCCCCCCC. The lowest BCUT2D eigenvalue weighted by Gasteiger charge is -2.20. The van der Waals surface area contributed by atoms with Crippen molar-refractivity contribution in [3.63, 3.8) is 0 Å². The van der Waals surface area contributed by atoms with E-state index >= 15 is 0 Å². The van der Waals surface area contributed by atoms with Crippen molar-refractivity contribution in [3.05, 3.63) is 85.1 Å². The van der Waals surface area contributed by atoms with E-state index in [9.17, 15) is 24.2 Å². The molecule has 0 rings (SSSR count). The third-order valence-electron chi connectivity index (χ3n) is 8.53. The zero-order chi connectivity index (χ0) is 41.9. The zero-order valence-electron chi connectivity index (χ0n) is 35.3. The monoisotopic (exact) mass is 821 g/mol. The first-order chi connectivity index (χ1) is 27.7. The second kappa shape index (κ2) is 41.3. The average Bonchev–Trinajstić information content (AvgIpc) is 3.20. The number of esters is 2. The number of rotatable bonds is 39. The van der Waals surface area contributed by atoms with E-state index in [0.717, 1.165) is 44.9 Å². The number of hydrogen-bond donors (Lipinski definition) is 3. The van der Waals surface area contributed by atoms with Gasteiger partial charge in [-0.3, -0.25) is 18.6 Å². The summed E-state index contributed by atoms with van der Waals surface area (Å²) in [5.74, 6) is -1.05. The summed E-state index contributed by atoms with van der Waals surface area (Å²) < 4.78 is 32.6. The predicted octanol–water partition coefficient (Wildman–Crippen LogP) is 11.4. The fraction of sp³-hybridized carbons (Fsp3) is 0.652. The van der Waals surface area contributed by atoms with Crippen LogP contribution in [0.5, 0.6) is 0 Å². The number of carbonyl (C=O) groups is 2. The minimum absolute atomic E-state index is 0.104. The molecule has 0 aromatic rings. The lowest BCUT2D eigenvalue weighted by Crippen LogP contribution is -2.29. The van der Waals surface area contributed by atoms with Crippen molar-refractivity contribution in [2.45, 2.75) is 167 Å². The van der Waals surface area contributed by atoms with E-state index in [0.29, 0.717) is 25.7 Å². The molecule has 10 nitrogen and oxygen atoms in total. The van der Waals surface area contributed by atoms with Gasteiger partial charge in [0.15, 0.2) is 6.10 Å². The normalized spacial score (nSPS) is 14.7. The Morgan fingerprint density at radius 1 is 0.544 bits per heavy atom. The van der Waals surface area contributed by atoms with E-state index in [1.54, 1.807) is 0 Å². The molecule has 1 unspecified atom stereocenters. The van der Waals surface area contributed by atoms with Gasteiger partial charge in [0.2, 0.25) is 0 Å². The van der Waals surface area contributed by atoms with Crippen LogP contribution in [0, 0.1) is 0 Å². The highest BCUT2D eigenvalue weighted by molar-refractivity contribution is 7.47. The van der Waals surface area contributed by atoms with Gasteiger partial charge in [0.25, 0.3) is 0 Å². The van der Waals surface area contributed by atoms with Crippen LogP contribution in [0.4, 0.5) is 0 Å². The summed E-state index contributed by atoms with van der Waals surface area (Å²) >= 11 is 0. The number of aliphatic hydroxyl groups excluding tert-OH is 2. The number of phosphoric ester groups is 1. The largest absolute Gasteiger partial charge is 0.472 e. The lowest BCUT2D eigenvalue weighted by molar-refractivity contribution is -0.161. The Morgan fingerprint density at radius 2 is 0.965 bits per heavy atom. The molecule has 0 aliphatic heterocycles. The van der Waals surface area contributed by atoms with Crippen LogP contribution in [0.3, 0.4) is 0 Å². The van der Waals surface area contributed by atoms with E-state index in [1.807, 2.05) is 18.2 Å². The maximum Gasteiger partial charge on any atom is 0.472 e. The van der Waals surface area contributed by atoms with Crippen molar-refractivity contribution in [3.8, 4) is 0 Å². The number of unbranched alkanes of at least 4 members (excludes halogenated alkanes) is 11. The van der Waals surface area contributed by atoms with Gasteiger partial charge in [0.05, 0.1) is 19.8 Å². The van der Waals surface area contributed by atoms with E-state index < -0.39 is 51.8 Å². The predicted molar refractivity (Wildman–Crippen MR) is 233 cm³/mol. The third-order valence-corrected chi connectivity index (χ3v) is 9.48. The van der Waals surface area contributed by atoms with E-state index in [-0.39, 0.29) is 19.4 Å². The summed E-state index contributed by atoms with van der Waals surface area (Å²) in [4.78, 5) is 34.9. The summed E-state index contributed by atoms with van der Waals surface area (Å²) in [5.41, 5.74) is 0. The van der Waals surface area contributed by atoms with Crippen molar-refractivity contribution in [1.29, 1.82) is 0 Å². The molecular weight excluding hydrogens is 743 g/mol. The zero-order valence-corrected chi connectivity index (χ0v) is 36.2.